The molecule has 0 atom stereocenters. The summed E-state index contributed by atoms with van der Waals surface area (Å²) >= 11 is 1.02. The van der Waals surface area contributed by atoms with E-state index < -0.39 is 12.7 Å². The average Bonchev–Trinajstić information content (AvgIpc) is 2.94. The maximum Gasteiger partial charge on any atom is 0.406 e. The minimum Gasteiger partial charge on any atom is -0.336 e. The zero-order valence-corrected chi connectivity index (χ0v) is 9.89. The molecule has 4 nitrogen and oxygen atoms in total. The molecule has 1 aromatic heterocycles. The molecule has 0 aromatic carbocycles. The Kier molecular flexibility index (Phi) is 3.53. The van der Waals surface area contributed by atoms with Gasteiger partial charge < -0.3 is 10.6 Å². The Balaban J connectivity index is 2.07. The minimum absolute atomic E-state index is 0.138. The van der Waals surface area contributed by atoms with E-state index in [4.69, 9.17) is 5.73 Å². The van der Waals surface area contributed by atoms with E-state index in [1.54, 1.807) is 0 Å². The molecule has 0 radical (unpaired) electrons. The summed E-state index contributed by atoms with van der Waals surface area (Å²) in [5.41, 5.74) is 5.31. The standard InChI is InChI=1S/C9H13F3N4S/c10-9(11,12)5-16(4-3-13)8-14-7(15-17-8)6-1-2-6/h6H,1-5,13H2. The highest BCUT2D eigenvalue weighted by molar-refractivity contribution is 7.09. The number of hydrogen-bond acceptors (Lipinski definition) is 5. The first-order valence-corrected chi connectivity index (χ1v) is 6.12. The molecule has 0 bridgehead atoms. The second-order valence-electron chi connectivity index (χ2n) is 4.03. The minimum atomic E-state index is -4.25. The fourth-order valence-electron chi connectivity index (χ4n) is 1.48. The maximum atomic E-state index is 12.4. The third-order valence-electron chi connectivity index (χ3n) is 2.41. The molecule has 1 saturated carbocycles. The van der Waals surface area contributed by atoms with Gasteiger partial charge in [0.05, 0.1) is 0 Å². The van der Waals surface area contributed by atoms with Crippen LogP contribution in [0.3, 0.4) is 0 Å². The molecule has 0 amide bonds. The first kappa shape index (κ1) is 12.6. The van der Waals surface area contributed by atoms with Crippen molar-refractivity contribution < 1.29 is 13.2 Å². The lowest BCUT2D eigenvalue weighted by atomic mass is 10.4. The van der Waals surface area contributed by atoms with Crippen LogP contribution in [0.15, 0.2) is 0 Å². The number of nitrogens with two attached hydrogens (primary N) is 1. The third-order valence-corrected chi connectivity index (χ3v) is 3.20. The lowest BCUT2D eigenvalue weighted by Crippen LogP contribution is -2.37. The van der Waals surface area contributed by atoms with Crippen molar-refractivity contribution in [2.24, 2.45) is 5.73 Å². The topological polar surface area (TPSA) is 55.0 Å². The largest absolute Gasteiger partial charge is 0.406 e. The summed E-state index contributed by atoms with van der Waals surface area (Å²) in [7, 11) is 0. The van der Waals surface area contributed by atoms with Crippen molar-refractivity contribution in [3.8, 4) is 0 Å². The van der Waals surface area contributed by atoms with Gasteiger partial charge in [-0.25, -0.2) is 4.98 Å². The molecule has 17 heavy (non-hydrogen) atoms. The zero-order chi connectivity index (χ0) is 12.5. The highest BCUT2D eigenvalue weighted by Gasteiger charge is 2.33. The van der Waals surface area contributed by atoms with Crippen LogP contribution in [-0.2, 0) is 0 Å². The molecule has 0 aliphatic heterocycles. The number of nitrogens with zero attached hydrogens (tertiary/aromatic N) is 3. The molecule has 1 aliphatic rings. The fourth-order valence-corrected chi connectivity index (χ4v) is 2.25. The predicted octanol–water partition coefficient (Wildman–Crippen LogP) is 1.74. The first-order chi connectivity index (χ1) is 7.99. The Labute approximate surface area is 101 Å². The Hall–Kier alpha value is -0.890. The van der Waals surface area contributed by atoms with Crippen LogP contribution in [0.4, 0.5) is 18.3 Å². The average molecular weight is 266 g/mol. The highest BCUT2D eigenvalue weighted by Crippen LogP contribution is 2.39. The van der Waals surface area contributed by atoms with Crippen LogP contribution < -0.4 is 10.6 Å². The van der Waals surface area contributed by atoms with Crippen LogP contribution >= 0.6 is 11.5 Å². The molecule has 8 heteroatoms. The normalized spacial score (nSPS) is 16.2. The van der Waals surface area contributed by atoms with Crippen molar-refractivity contribution >= 4 is 16.7 Å². The highest BCUT2D eigenvalue weighted by atomic mass is 32.1. The zero-order valence-electron chi connectivity index (χ0n) is 9.07. The van der Waals surface area contributed by atoms with Gasteiger partial charge >= 0.3 is 6.18 Å². The second-order valence-corrected chi connectivity index (χ2v) is 4.77. The lowest BCUT2D eigenvalue weighted by Gasteiger charge is -2.21. The van der Waals surface area contributed by atoms with Crippen molar-refractivity contribution in [3.05, 3.63) is 5.82 Å². The van der Waals surface area contributed by atoms with Crippen molar-refractivity contribution in [3.63, 3.8) is 0 Å². The van der Waals surface area contributed by atoms with E-state index >= 15 is 0 Å². The van der Waals surface area contributed by atoms with Gasteiger partial charge in [0.25, 0.3) is 0 Å². The van der Waals surface area contributed by atoms with Gasteiger partial charge in [-0.05, 0) is 12.8 Å². The maximum absolute atomic E-state index is 12.4. The third kappa shape index (κ3) is 3.53. The number of rotatable bonds is 5. The van der Waals surface area contributed by atoms with Gasteiger partial charge in [0.2, 0.25) is 5.13 Å². The van der Waals surface area contributed by atoms with E-state index in [-0.39, 0.29) is 13.1 Å². The summed E-state index contributed by atoms with van der Waals surface area (Å²) in [5, 5.41) is 0.315. The monoisotopic (exact) mass is 266 g/mol. The molecule has 1 fully saturated rings. The number of alkyl halides is 3. The van der Waals surface area contributed by atoms with E-state index in [0.29, 0.717) is 16.9 Å². The molecule has 2 N–H and O–H groups in total. The smallest absolute Gasteiger partial charge is 0.336 e. The summed E-state index contributed by atoms with van der Waals surface area (Å²) in [6, 6.07) is 0. The Morgan fingerprint density at radius 1 is 1.41 bits per heavy atom. The molecule has 1 heterocycles. The molecule has 0 unspecified atom stereocenters. The van der Waals surface area contributed by atoms with Gasteiger partial charge in [0.15, 0.2) is 0 Å². The summed E-state index contributed by atoms with van der Waals surface area (Å²) < 4.78 is 41.2. The van der Waals surface area contributed by atoms with E-state index in [2.05, 4.69) is 9.36 Å². The molecule has 0 saturated heterocycles. The molecular formula is C9H13F3N4S. The molecule has 1 aliphatic carbocycles. The van der Waals surface area contributed by atoms with E-state index in [1.165, 1.54) is 0 Å². The molecule has 2 rings (SSSR count). The van der Waals surface area contributed by atoms with Gasteiger partial charge in [-0.3, -0.25) is 0 Å². The van der Waals surface area contributed by atoms with E-state index in [1.807, 2.05) is 0 Å². The van der Waals surface area contributed by atoms with Gasteiger partial charge in [0, 0.05) is 30.5 Å². The predicted molar refractivity (Wildman–Crippen MR) is 59.2 cm³/mol. The van der Waals surface area contributed by atoms with Crippen molar-refractivity contribution in [1.29, 1.82) is 0 Å². The second kappa shape index (κ2) is 4.77. The van der Waals surface area contributed by atoms with Gasteiger partial charge in [0.1, 0.15) is 12.4 Å². The Bertz CT molecular complexity index is 375. The summed E-state index contributed by atoms with van der Waals surface area (Å²) in [6.45, 7) is -0.725. The van der Waals surface area contributed by atoms with Crippen LogP contribution in [0.25, 0.3) is 0 Å². The summed E-state index contributed by atoms with van der Waals surface area (Å²) in [5.74, 6) is 1.03. The van der Waals surface area contributed by atoms with E-state index in [9.17, 15) is 13.2 Å². The summed E-state index contributed by atoms with van der Waals surface area (Å²) in [4.78, 5) is 5.30. The van der Waals surface area contributed by atoms with Crippen LogP contribution in [0.5, 0.6) is 0 Å². The van der Waals surface area contributed by atoms with Crippen LogP contribution in [0.1, 0.15) is 24.6 Å². The van der Waals surface area contributed by atoms with Gasteiger partial charge in [-0.15, -0.1) is 0 Å². The quantitative estimate of drug-likeness (QED) is 0.882. The van der Waals surface area contributed by atoms with Crippen LogP contribution in [0.2, 0.25) is 0 Å². The van der Waals surface area contributed by atoms with Gasteiger partial charge in [-0.1, -0.05) is 0 Å². The SMILES string of the molecule is NCCN(CC(F)(F)F)c1nc(C2CC2)ns1. The molecule has 96 valence electrons. The number of anilines is 1. The van der Waals surface area contributed by atoms with Crippen LogP contribution in [0, 0.1) is 0 Å². The summed E-state index contributed by atoms with van der Waals surface area (Å²) in [6.07, 6.45) is -2.18. The number of hydrogen-bond donors (Lipinski definition) is 1. The molecule has 0 spiro atoms. The lowest BCUT2D eigenvalue weighted by molar-refractivity contribution is -0.119. The molecule has 1 aromatic rings. The number of aromatic nitrogens is 2. The first-order valence-electron chi connectivity index (χ1n) is 5.35. The Morgan fingerprint density at radius 3 is 2.65 bits per heavy atom. The van der Waals surface area contributed by atoms with Gasteiger partial charge in [-0.2, -0.15) is 17.5 Å². The fraction of sp³-hybridized carbons (Fsp3) is 0.778. The van der Waals surface area contributed by atoms with Crippen molar-refractivity contribution in [1.82, 2.24) is 9.36 Å². The Morgan fingerprint density at radius 2 is 2.12 bits per heavy atom. The molecular weight excluding hydrogens is 253 g/mol. The number of halogens is 3. The van der Waals surface area contributed by atoms with Crippen molar-refractivity contribution in [2.75, 3.05) is 24.5 Å². The van der Waals surface area contributed by atoms with E-state index in [0.717, 1.165) is 29.3 Å². The van der Waals surface area contributed by atoms with Crippen molar-refractivity contribution in [2.45, 2.75) is 24.9 Å². The van der Waals surface area contributed by atoms with Crippen LogP contribution in [-0.4, -0.2) is 35.2 Å².